The van der Waals surface area contributed by atoms with Crippen molar-refractivity contribution >= 4 is 0 Å². The van der Waals surface area contributed by atoms with E-state index in [1.54, 1.807) is 24.5 Å². The van der Waals surface area contributed by atoms with E-state index in [1.807, 2.05) is 13.8 Å². The van der Waals surface area contributed by atoms with Crippen LogP contribution in [0.1, 0.15) is 25.7 Å². The number of hydrogen-bond donors (Lipinski definition) is 1. The Balaban J connectivity index is 2.24. The smallest absolute Gasteiger partial charge is 0.145 e. The molecule has 1 unspecified atom stereocenters. The SMILES string of the molecule is CC(C)C(N)c1ncc(-c2ccc(F)cc2)cn1. The second kappa shape index (κ2) is 5.23. The predicted octanol–water partition coefficient (Wildman–Crippen LogP) is 2.94. The summed E-state index contributed by atoms with van der Waals surface area (Å²) in [5.41, 5.74) is 7.72. The summed E-state index contributed by atoms with van der Waals surface area (Å²) in [6.07, 6.45) is 3.44. The standard InChI is InChI=1S/C14H16FN3/c1-9(2)13(16)14-17-7-11(8-18-14)10-3-5-12(15)6-4-10/h3-9,13H,16H2,1-2H3. The molecule has 0 radical (unpaired) electrons. The molecule has 0 saturated carbocycles. The molecule has 0 aliphatic carbocycles. The van der Waals surface area contributed by atoms with Crippen molar-refractivity contribution in [1.82, 2.24) is 9.97 Å². The maximum atomic E-state index is 12.8. The van der Waals surface area contributed by atoms with E-state index < -0.39 is 0 Å². The summed E-state index contributed by atoms with van der Waals surface area (Å²) in [5, 5.41) is 0. The van der Waals surface area contributed by atoms with E-state index in [-0.39, 0.29) is 11.9 Å². The highest BCUT2D eigenvalue weighted by molar-refractivity contribution is 5.61. The molecule has 0 amide bonds. The molecule has 0 fully saturated rings. The molecule has 1 heterocycles. The minimum Gasteiger partial charge on any atom is -0.321 e. The average molecular weight is 245 g/mol. The van der Waals surface area contributed by atoms with Crippen molar-refractivity contribution in [2.24, 2.45) is 11.7 Å². The monoisotopic (exact) mass is 245 g/mol. The topological polar surface area (TPSA) is 51.8 Å². The summed E-state index contributed by atoms with van der Waals surface area (Å²) in [4.78, 5) is 8.54. The Morgan fingerprint density at radius 1 is 1.00 bits per heavy atom. The zero-order valence-electron chi connectivity index (χ0n) is 10.5. The number of hydrogen-bond acceptors (Lipinski definition) is 3. The second-order valence-corrected chi connectivity index (χ2v) is 4.61. The molecule has 94 valence electrons. The van der Waals surface area contributed by atoms with E-state index in [0.717, 1.165) is 11.1 Å². The Bertz CT molecular complexity index is 506. The van der Waals surface area contributed by atoms with Crippen LogP contribution in [0.3, 0.4) is 0 Å². The third-order valence-corrected chi connectivity index (χ3v) is 2.87. The third kappa shape index (κ3) is 2.71. The highest BCUT2D eigenvalue weighted by atomic mass is 19.1. The van der Waals surface area contributed by atoms with Gasteiger partial charge in [-0.3, -0.25) is 0 Å². The summed E-state index contributed by atoms with van der Waals surface area (Å²) < 4.78 is 12.8. The van der Waals surface area contributed by atoms with Gasteiger partial charge in [0.05, 0.1) is 6.04 Å². The van der Waals surface area contributed by atoms with E-state index in [1.165, 1.54) is 12.1 Å². The maximum Gasteiger partial charge on any atom is 0.145 e. The molecule has 1 aromatic carbocycles. The first kappa shape index (κ1) is 12.6. The molecule has 0 bridgehead atoms. The van der Waals surface area contributed by atoms with Crippen LogP contribution in [0.15, 0.2) is 36.7 Å². The first-order valence-corrected chi connectivity index (χ1v) is 5.91. The van der Waals surface area contributed by atoms with Gasteiger partial charge >= 0.3 is 0 Å². The van der Waals surface area contributed by atoms with Crippen molar-refractivity contribution in [3.63, 3.8) is 0 Å². The van der Waals surface area contributed by atoms with Crippen LogP contribution in [-0.2, 0) is 0 Å². The molecule has 18 heavy (non-hydrogen) atoms. The molecule has 4 heteroatoms. The Morgan fingerprint density at radius 3 is 2.06 bits per heavy atom. The molecule has 1 aromatic heterocycles. The number of halogens is 1. The van der Waals surface area contributed by atoms with Crippen LogP contribution in [0, 0.1) is 11.7 Å². The lowest BCUT2D eigenvalue weighted by atomic mass is 10.0. The van der Waals surface area contributed by atoms with Crippen LogP contribution in [-0.4, -0.2) is 9.97 Å². The van der Waals surface area contributed by atoms with Crippen molar-refractivity contribution in [3.8, 4) is 11.1 Å². The third-order valence-electron chi connectivity index (χ3n) is 2.87. The average Bonchev–Trinajstić information content (AvgIpc) is 2.39. The lowest BCUT2D eigenvalue weighted by Gasteiger charge is -2.13. The molecule has 0 spiro atoms. The molecule has 0 aliphatic heterocycles. The first-order valence-electron chi connectivity index (χ1n) is 5.91. The van der Waals surface area contributed by atoms with E-state index in [0.29, 0.717) is 11.7 Å². The van der Waals surface area contributed by atoms with Gasteiger partial charge in [-0.25, -0.2) is 14.4 Å². The summed E-state index contributed by atoms with van der Waals surface area (Å²) in [5.74, 6) is 0.677. The number of aromatic nitrogens is 2. The highest BCUT2D eigenvalue weighted by Crippen LogP contribution is 2.20. The van der Waals surface area contributed by atoms with E-state index in [4.69, 9.17) is 5.73 Å². The van der Waals surface area contributed by atoms with Gasteiger partial charge in [0.2, 0.25) is 0 Å². The summed E-state index contributed by atoms with van der Waals surface area (Å²) in [6.45, 7) is 4.06. The number of nitrogens with zero attached hydrogens (tertiary/aromatic N) is 2. The van der Waals surface area contributed by atoms with Crippen LogP contribution in [0.4, 0.5) is 4.39 Å². The van der Waals surface area contributed by atoms with Crippen LogP contribution in [0.25, 0.3) is 11.1 Å². The second-order valence-electron chi connectivity index (χ2n) is 4.61. The Morgan fingerprint density at radius 2 is 1.56 bits per heavy atom. The fourth-order valence-corrected chi connectivity index (χ4v) is 1.60. The van der Waals surface area contributed by atoms with Gasteiger partial charge in [0, 0.05) is 18.0 Å². The minimum absolute atomic E-state index is 0.160. The van der Waals surface area contributed by atoms with Crippen LogP contribution >= 0.6 is 0 Å². The molecule has 2 rings (SSSR count). The lowest BCUT2D eigenvalue weighted by Crippen LogP contribution is -2.19. The number of nitrogens with two attached hydrogens (primary N) is 1. The van der Waals surface area contributed by atoms with E-state index in [9.17, 15) is 4.39 Å². The molecule has 2 aromatic rings. The molecule has 0 aliphatic rings. The van der Waals surface area contributed by atoms with Gasteiger partial charge in [0.25, 0.3) is 0 Å². The van der Waals surface area contributed by atoms with Gasteiger partial charge in [-0.15, -0.1) is 0 Å². The van der Waals surface area contributed by atoms with E-state index in [2.05, 4.69) is 9.97 Å². The van der Waals surface area contributed by atoms with Crippen molar-refractivity contribution < 1.29 is 4.39 Å². The van der Waals surface area contributed by atoms with Gasteiger partial charge in [0.1, 0.15) is 11.6 Å². The quantitative estimate of drug-likeness (QED) is 0.904. The van der Waals surface area contributed by atoms with Gasteiger partial charge in [-0.2, -0.15) is 0 Å². The largest absolute Gasteiger partial charge is 0.321 e. The Hall–Kier alpha value is -1.81. The van der Waals surface area contributed by atoms with Gasteiger partial charge in [-0.1, -0.05) is 26.0 Å². The fourth-order valence-electron chi connectivity index (χ4n) is 1.60. The Labute approximate surface area is 106 Å². The maximum absolute atomic E-state index is 12.8. The molecule has 1 atom stereocenters. The predicted molar refractivity (Wildman–Crippen MR) is 69.2 cm³/mol. The lowest BCUT2D eigenvalue weighted by molar-refractivity contribution is 0.490. The van der Waals surface area contributed by atoms with Crippen LogP contribution in [0.2, 0.25) is 0 Å². The number of benzene rings is 1. The van der Waals surface area contributed by atoms with Gasteiger partial charge in [-0.05, 0) is 23.6 Å². The zero-order chi connectivity index (χ0) is 13.1. The molecule has 3 nitrogen and oxygen atoms in total. The van der Waals surface area contributed by atoms with Gasteiger partial charge < -0.3 is 5.73 Å². The zero-order valence-corrected chi connectivity index (χ0v) is 10.5. The van der Waals surface area contributed by atoms with Crippen LogP contribution < -0.4 is 5.73 Å². The van der Waals surface area contributed by atoms with E-state index >= 15 is 0 Å². The fraction of sp³-hybridized carbons (Fsp3) is 0.286. The first-order chi connectivity index (χ1) is 8.58. The summed E-state index contributed by atoms with van der Waals surface area (Å²) >= 11 is 0. The van der Waals surface area contributed by atoms with Crippen molar-refractivity contribution in [3.05, 3.63) is 48.3 Å². The van der Waals surface area contributed by atoms with Crippen molar-refractivity contribution in [2.45, 2.75) is 19.9 Å². The van der Waals surface area contributed by atoms with Gasteiger partial charge in [0.15, 0.2) is 0 Å². The number of rotatable bonds is 3. The molecule has 0 saturated heterocycles. The van der Waals surface area contributed by atoms with Crippen molar-refractivity contribution in [1.29, 1.82) is 0 Å². The Kier molecular flexibility index (Phi) is 3.67. The molecule has 2 N–H and O–H groups in total. The van der Waals surface area contributed by atoms with Crippen LogP contribution in [0.5, 0.6) is 0 Å². The van der Waals surface area contributed by atoms with Crippen molar-refractivity contribution in [2.75, 3.05) is 0 Å². The molecular weight excluding hydrogens is 229 g/mol. The normalized spacial score (nSPS) is 12.7. The molecular formula is C14H16FN3. The summed E-state index contributed by atoms with van der Waals surface area (Å²) in [7, 11) is 0. The summed E-state index contributed by atoms with van der Waals surface area (Å²) in [6, 6.07) is 6.09. The highest BCUT2D eigenvalue weighted by Gasteiger charge is 2.13. The minimum atomic E-state index is -0.252.